The first-order valence-corrected chi connectivity index (χ1v) is 11.3. The number of alkyl halides is 1. The number of carbonyl (C=O) groups is 4. The Morgan fingerprint density at radius 2 is 1.71 bits per heavy atom. The van der Waals surface area contributed by atoms with Crippen molar-refractivity contribution in [1.29, 1.82) is 0 Å². The number of hydrogen-bond donors (Lipinski definition) is 1. The van der Waals surface area contributed by atoms with E-state index in [2.05, 4.69) is 4.98 Å². The van der Waals surface area contributed by atoms with Crippen molar-refractivity contribution in [2.24, 2.45) is 0 Å². The molecule has 2 heterocycles. The lowest BCUT2D eigenvalue weighted by atomic mass is 9.87. The van der Waals surface area contributed by atoms with Gasteiger partial charge in [-0.25, -0.2) is 4.79 Å². The fourth-order valence-electron chi connectivity index (χ4n) is 4.50. The second kappa shape index (κ2) is 9.79. The lowest BCUT2D eigenvalue weighted by Gasteiger charge is -2.40. The summed E-state index contributed by atoms with van der Waals surface area (Å²) >= 11 is 5.96. The largest absolute Gasteiger partial charge is 0.467 e. The van der Waals surface area contributed by atoms with Gasteiger partial charge in [-0.1, -0.05) is 24.3 Å². The maximum Gasteiger partial charge on any atom is 0.328 e. The minimum Gasteiger partial charge on any atom is -0.467 e. The third-order valence-corrected chi connectivity index (χ3v) is 6.03. The number of rotatable bonds is 5. The van der Waals surface area contributed by atoms with Gasteiger partial charge in [0.15, 0.2) is 11.5 Å². The smallest absolute Gasteiger partial charge is 0.328 e. The van der Waals surface area contributed by atoms with Crippen LogP contribution >= 0.6 is 11.6 Å². The number of nitrogens with zero attached hydrogens (tertiary/aromatic N) is 1. The molecule has 0 unspecified atom stereocenters. The number of para-hydroxylation sites is 1. The SMILES string of the molecule is COC(=O)[C@H]1Cc2c([nH]c3ccccc23)[C@@H](c2ccc(OC(C)=O)c(OC(C)=O)c2)N1C(=O)CCl. The Morgan fingerprint density at radius 3 is 2.37 bits per heavy atom. The zero-order valence-electron chi connectivity index (χ0n) is 19.3. The molecule has 4 rings (SSSR count). The molecule has 1 N–H and O–H groups in total. The number of aromatic amines is 1. The van der Waals surface area contributed by atoms with E-state index < -0.39 is 35.9 Å². The molecule has 0 aliphatic carbocycles. The molecule has 2 atom stereocenters. The van der Waals surface area contributed by atoms with E-state index in [1.165, 1.54) is 38.0 Å². The van der Waals surface area contributed by atoms with Crippen LogP contribution in [-0.2, 0) is 30.3 Å². The topological polar surface area (TPSA) is 115 Å². The number of ether oxygens (including phenoxy) is 3. The average molecular weight is 499 g/mol. The summed E-state index contributed by atoms with van der Waals surface area (Å²) < 4.78 is 15.5. The summed E-state index contributed by atoms with van der Waals surface area (Å²) in [6.07, 6.45) is 0.230. The van der Waals surface area contributed by atoms with Gasteiger partial charge < -0.3 is 24.1 Å². The quantitative estimate of drug-likeness (QED) is 0.326. The van der Waals surface area contributed by atoms with Crippen LogP contribution in [0.5, 0.6) is 11.5 Å². The third-order valence-electron chi connectivity index (χ3n) is 5.80. The standard InChI is InChI=1S/C25H23ClN2O7/c1-13(29)34-20-9-8-15(10-21(20)35-14(2)30)24-23-17(16-6-4-5-7-18(16)27-23)11-19(25(32)33-3)28(24)22(31)12-26/h4-10,19,24,27H,11-12H2,1-3H3/t19-,24-/m1/s1. The van der Waals surface area contributed by atoms with Crippen LogP contribution in [0, 0.1) is 0 Å². The first-order chi connectivity index (χ1) is 16.7. The van der Waals surface area contributed by atoms with Crippen LogP contribution in [0.2, 0.25) is 0 Å². The van der Waals surface area contributed by atoms with Gasteiger partial charge in [-0.2, -0.15) is 0 Å². The number of halogens is 1. The Hall–Kier alpha value is -3.85. The third kappa shape index (κ3) is 4.59. The number of nitrogens with one attached hydrogen (secondary N) is 1. The second-order valence-corrected chi connectivity index (χ2v) is 8.30. The number of esters is 3. The fourth-order valence-corrected chi connectivity index (χ4v) is 4.64. The van der Waals surface area contributed by atoms with E-state index in [-0.39, 0.29) is 23.8 Å². The van der Waals surface area contributed by atoms with Crippen molar-refractivity contribution in [3.05, 3.63) is 59.3 Å². The van der Waals surface area contributed by atoms with Crippen LogP contribution in [0.1, 0.15) is 36.7 Å². The Balaban J connectivity index is 1.96. The number of fused-ring (bicyclic) bond motifs is 3. The predicted molar refractivity (Wildman–Crippen MR) is 126 cm³/mol. The van der Waals surface area contributed by atoms with Crippen molar-refractivity contribution >= 4 is 46.3 Å². The van der Waals surface area contributed by atoms with E-state index in [0.717, 1.165) is 16.5 Å². The molecule has 182 valence electrons. The van der Waals surface area contributed by atoms with E-state index in [4.69, 9.17) is 25.8 Å². The van der Waals surface area contributed by atoms with E-state index >= 15 is 0 Å². The lowest BCUT2D eigenvalue weighted by Crippen LogP contribution is -2.52. The summed E-state index contributed by atoms with van der Waals surface area (Å²) in [4.78, 5) is 54.0. The molecule has 0 saturated heterocycles. The molecular weight excluding hydrogens is 476 g/mol. The van der Waals surface area contributed by atoms with Gasteiger partial charge in [0.25, 0.3) is 0 Å². The molecule has 35 heavy (non-hydrogen) atoms. The Morgan fingerprint density at radius 1 is 1.03 bits per heavy atom. The number of H-pyrrole nitrogens is 1. The highest BCUT2D eigenvalue weighted by Crippen LogP contribution is 2.43. The molecule has 3 aromatic rings. The van der Waals surface area contributed by atoms with Crippen molar-refractivity contribution in [1.82, 2.24) is 9.88 Å². The highest BCUT2D eigenvalue weighted by atomic mass is 35.5. The number of benzene rings is 2. The molecule has 1 aromatic heterocycles. The van der Waals surface area contributed by atoms with Crippen LogP contribution < -0.4 is 9.47 Å². The van der Waals surface area contributed by atoms with Crippen LogP contribution in [-0.4, -0.2) is 52.7 Å². The molecule has 1 amide bonds. The minimum absolute atomic E-state index is 0.00123. The van der Waals surface area contributed by atoms with Gasteiger partial charge in [-0.15, -0.1) is 11.6 Å². The van der Waals surface area contributed by atoms with E-state index in [1.807, 2.05) is 24.3 Å². The summed E-state index contributed by atoms with van der Waals surface area (Å²) in [6, 6.07) is 10.5. The van der Waals surface area contributed by atoms with Crippen molar-refractivity contribution in [3.8, 4) is 11.5 Å². The Kier molecular flexibility index (Phi) is 6.79. The van der Waals surface area contributed by atoms with Crippen molar-refractivity contribution < 1.29 is 33.4 Å². The molecule has 10 heteroatoms. The molecule has 2 aromatic carbocycles. The molecule has 0 saturated carbocycles. The van der Waals surface area contributed by atoms with E-state index in [1.54, 1.807) is 6.07 Å². The van der Waals surface area contributed by atoms with Gasteiger partial charge >= 0.3 is 17.9 Å². The van der Waals surface area contributed by atoms with Crippen molar-refractivity contribution in [3.63, 3.8) is 0 Å². The molecule has 9 nitrogen and oxygen atoms in total. The zero-order chi connectivity index (χ0) is 25.3. The highest BCUT2D eigenvalue weighted by Gasteiger charge is 2.44. The molecule has 0 bridgehead atoms. The number of aromatic nitrogens is 1. The molecule has 0 radical (unpaired) electrons. The maximum atomic E-state index is 13.1. The normalized spacial score (nSPS) is 17.0. The van der Waals surface area contributed by atoms with Gasteiger partial charge in [-0.05, 0) is 29.3 Å². The number of carbonyl (C=O) groups excluding carboxylic acids is 4. The summed E-state index contributed by atoms with van der Waals surface area (Å²) in [7, 11) is 1.26. The first kappa shape index (κ1) is 24.3. The monoisotopic (exact) mass is 498 g/mol. The van der Waals surface area contributed by atoms with Crippen LogP contribution in [0.25, 0.3) is 10.9 Å². The maximum absolute atomic E-state index is 13.1. The van der Waals surface area contributed by atoms with Gasteiger partial charge in [0, 0.05) is 36.9 Å². The molecular formula is C25H23ClN2O7. The summed E-state index contributed by atoms with van der Waals surface area (Å²) in [5, 5.41) is 0.913. The number of methoxy groups -OCH3 is 1. The minimum atomic E-state index is -0.937. The molecule has 1 aliphatic rings. The highest BCUT2D eigenvalue weighted by molar-refractivity contribution is 6.27. The summed E-state index contributed by atoms with van der Waals surface area (Å²) in [5.41, 5.74) is 2.90. The average Bonchev–Trinajstić information content (AvgIpc) is 3.20. The van der Waals surface area contributed by atoms with Crippen LogP contribution in [0.4, 0.5) is 0 Å². The Bertz CT molecular complexity index is 1330. The van der Waals surface area contributed by atoms with Crippen LogP contribution in [0.3, 0.4) is 0 Å². The zero-order valence-corrected chi connectivity index (χ0v) is 20.0. The van der Waals surface area contributed by atoms with Gasteiger partial charge in [0.1, 0.15) is 11.9 Å². The van der Waals surface area contributed by atoms with Gasteiger partial charge in [-0.3, -0.25) is 14.4 Å². The van der Waals surface area contributed by atoms with E-state index in [0.29, 0.717) is 11.3 Å². The number of amides is 1. The summed E-state index contributed by atoms with van der Waals surface area (Å²) in [5.74, 6) is -2.58. The van der Waals surface area contributed by atoms with Gasteiger partial charge in [0.05, 0.1) is 13.2 Å². The first-order valence-electron chi connectivity index (χ1n) is 10.8. The predicted octanol–water partition coefficient (Wildman–Crippen LogP) is 3.27. The molecule has 1 aliphatic heterocycles. The number of hydrogen-bond acceptors (Lipinski definition) is 7. The summed E-state index contributed by atoms with van der Waals surface area (Å²) in [6.45, 7) is 2.45. The van der Waals surface area contributed by atoms with Crippen LogP contribution in [0.15, 0.2) is 42.5 Å². The van der Waals surface area contributed by atoms with Gasteiger partial charge in [0.2, 0.25) is 5.91 Å². The molecule has 0 fully saturated rings. The van der Waals surface area contributed by atoms with Crippen molar-refractivity contribution in [2.45, 2.75) is 32.4 Å². The fraction of sp³-hybridized carbons (Fsp3) is 0.280. The van der Waals surface area contributed by atoms with Crippen molar-refractivity contribution in [2.75, 3.05) is 13.0 Å². The molecule has 0 spiro atoms. The second-order valence-electron chi connectivity index (χ2n) is 8.04. The lowest BCUT2D eigenvalue weighted by molar-refractivity contribution is -0.154. The Labute approximate surface area is 205 Å². The van der Waals surface area contributed by atoms with E-state index in [9.17, 15) is 19.2 Å².